The van der Waals surface area contributed by atoms with Crippen molar-refractivity contribution >= 4 is 17.6 Å². The Morgan fingerprint density at radius 2 is 1.79 bits per heavy atom. The van der Waals surface area contributed by atoms with E-state index in [0.717, 1.165) is 0 Å². The minimum absolute atomic E-state index is 0.0480. The van der Waals surface area contributed by atoms with Crippen LogP contribution >= 0.6 is 0 Å². The number of carbonyl (C=O) groups is 3. The molecule has 80 valence electrons. The van der Waals surface area contributed by atoms with Crippen LogP contribution in [0.25, 0.3) is 0 Å². The van der Waals surface area contributed by atoms with Gasteiger partial charge in [-0.3, -0.25) is 14.4 Å². The number of nitrogens with zero attached hydrogens (tertiary/aromatic N) is 1. The summed E-state index contributed by atoms with van der Waals surface area (Å²) in [5, 5.41) is 2.49. The number of nitrogens with one attached hydrogen (secondary N) is 1. The van der Waals surface area contributed by atoms with Crippen LogP contribution in [0.15, 0.2) is 0 Å². The van der Waals surface area contributed by atoms with E-state index in [0.29, 0.717) is 0 Å². The Balaban J connectivity index is 3.59. The zero-order valence-electron chi connectivity index (χ0n) is 8.79. The van der Waals surface area contributed by atoms with Gasteiger partial charge in [0.25, 0.3) is 0 Å². The fraction of sp³-hybridized carbons (Fsp3) is 0.667. The van der Waals surface area contributed by atoms with Gasteiger partial charge in [-0.2, -0.15) is 0 Å². The fourth-order valence-electron chi connectivity index (χ4n) is 0.821. The van der Waals surface area contributed by atoms with Crippen LogP contribution in [0.3, 0.4) is 0 Å². The second kappa shape index (κ2) is 6.12. The molecular formula is C9H16N2O3. The molecule has 1 N–H and O–H groups in total. The second-order valence-corrected chi connectivity index (χ2v) is 3.27. The lowest BCUT2D eigenvalue weighted by Gasteiger charge is -2.10. The van der Waals surface area contributed by atoms with Gasteiger partial charge in [0.15, 0.2) is 0 Å². The molecule has 0 aliphatic rings. The summed E-state index contributed by atoms with van der Waals surface area (Å²) in [5.74, 6) is -0.557. The highest BCUT2D eigenvalue weighted by Crippen LogP contribution is 1.86. The minimum Gasteiger partial charge on any atom is -0.355 e. The maximum absolute atomic E-state index is 11.1. The largest absolute Gasteiger partial charge is 0.355 e. The molecule has 14 heavy (non-hydrogen) atoms. The van der Waals surface area contributed by atoms with E-state index in [9.17, 15) is 14.4 Å². The lowest BCUT2D eigenvalue weighted by Crippen LogP contribution is -2.30. The highest BCUT2D eigenvalue weighted by atomic mass is 16.2. The molecule has 0 spiro atoms. The molecule has 0 unspecified atom stereocenters. The molecule has 0 aromatic carbocycles. The first kappa shape index (κ1) is 12.6. The lowest BCUT2D eigenvalue weighted by atomic mass is 10.3. The van der Waals surface area contributed by atoms with Crippen molar-refractivity contribution in [3.63, 3.8) is 0 Å². The predicted octanol–water partition coefficient (Wildman–Crippen LogP) is -0.440. The van der Waals surface area contributed by atoms with Gasteiger partial charge in [0.05, 0.1) is 6.42 Å². The van der Waals surface area contributed by atoms with Crippen molar-refractivity contribution in [2.75, 3.05) is 20.6 Å². The van der Waals surface area contributed by atoms with Crippen molar-refractivity contribution in [3.8, 4) is 0 Å². The highest BCUT2D eigenvalue weighted by molar-refractivity contribution is 5.96. The normalized spacial score (nSPS) is 9.36. The Morgan fingerprint density at radius 3 is 2.21 bits per heavy atom. The van der Waals surface area contributed by atoms with Gasteiger partial charge in [-0.05, 0) is 6.92 Å². The second-order valence-electron chi connectivity index (χ2n) is 3.27. The highest BCUT2D eigenvalue weighted by Gasteiger charge is 2.06. The molecule has 2 amide bonds. The summed E-state index contributed by atoms with van der Waals surface area (Å²) in [6.45, 7) is 1.63. The van der Waals surface area contributed by atoms with Gasteiger partial charge in [-0.25, -0.2) is 0 Å². The summed E-state index contributed by atoms with van der Waals surface area (Å²) in [4.78, 5) is 34.0. The van der Waals surface area contributed by atoms with Crippen molar-refractivity contribution < 1.29 is 14.4 Å². The molecule has 0 aliphatic carbocycles. The Bertz CT molecular complexity index is 236. The first-order valence-electron chi connectivity index (χ1n) is 4.39. The molecule has 0 heterocycles. The van der Waals surface area contributed by atoms with E-state index < -0.39 is 0 Å². The Kier molecular flexibility index (Phi) is 5.52. The van der Waals surface area contributed by atoms with E-state index in [1.165, 1.54) is 11.8 Å². The fourth-order valence-corrected chi connectivity index (χ4v) is 0.821. The molecule has 0 aromatic heterocycles. The van der Waals surface area contributed by atoms with Crippen LogP contribution < -0.4 is 5.32 Å². The van der Waals surface area contributed by atoms with Crippen molar-refractivity contribution in [3.05, 3.63) is 0 Å². The number of rotatable bonds is 5. The van der Waals surface area contributed by atoms with Crippen molar-refractivity contribution in [2.24, 2.45) is 0 Å². The number of amides is 2. The average Bonchev–Trinajstić information content (AvgIpc) is 2.02. The molecule has 0 fully saturated rings. The Hall–Kier alpha value is -1.39. The van der Waals surface area contributed by atoms with E-state index in [4.69, 9.17) is 0 Å². The minimum atomic E-state index is -0.330. The smallest absolute Gasteiger partial charge is 0.227 e. The summed E-state index contributed by atoms with van der Waals surface area (Å²) < 4.78 is 0. The van der Waals surface area contributed by atoms with Crippen molar-refractivity contribution in [1.82, 2.24) is 10.2 Å². The standard InChI is InChI=1S/C9H16N2O3/c1-7(12)6-8(13)10-5-4-9(14)11(2)3/h4-6H2,1-3H3,(H,10,13). The Morgan fingerprint density at radius 1 is 1.21 bits per heavy atom. The molecule has 0 rings (SSSR count). The lowest BCUT2D eigenvalue weighted by molar-refractivity contribution is -0.128. The summed E-state index contributed by atoms with van der Waals surface area (Å²) in [6, 6.07) is 0. The van der Waals surface area contributed by atoms with Crippen molar-refractivity contribution in [2.45, 2.75) is 19.8 Å². The predicted molar refractivity (Wildman–Crippen MR) is 51.6 cm³/mol. The van der Waals surface area contributed by atoms with E-state index >= 15 is 0 Å². The molecule has 0 radical (unpaired) electrons. The molecular weight excluding hydrogens is 184 g/mol. The summed E-state index contributed by atoms with van der Waals surface area (Å²) >= 11 is 0. The van der Waals surface area contributed by atoms with Gasteiger partial charge >= 0.3 is 0 Å². The zero-order valence-corrected chi connectivity index (χ0v) is 8.79. The van der Waals surface area contributed by atoms with Gasteiger partial charge in [0, 0.05) is 27.1 Å². The average molecular weight is 200 g/mol. The van der Waals surface area contributed by atoms with E-state index in [1.807, 2.05) is 0 Å². The van der Waals surface area contributed by atoms with Gasteiger partial charge < -0.3 is 10.2 Å². The topological polar surface area (TPSA) is 66.5 Å². The molecule has 5 heteroatoms. The molecule has 5 nitrogen and oxygen atoms in total. The van der Waals surface area contributed by atoms with Crippen LogP contribution in [0.2, 0.25) is 0 Å². The summed E-state index contributed by atoms with van der Waals surface area (Å²) in [7, 11) is 3.31. The van der Waals surface area contributed by atoms with Crippen LogP contribution in [0, 0.1) is 0 Å². The summed E-state index contributed by atoms with van der Waals surface area (Å²) in [5.41, 5.74) is 0. The van der Waals surface area contributed by atoms with Crippen LogP contribution in [-0.2, 0) is 14.4 Å². The molecule has 0 bridgehead atoms. The third kappa shape index (κ3) is 6.16. The zero-order chi connectivity index (χ0) is 11.1. The first-order chi connectivity index (χ1) is 6.43. The number of ketones is 1. The molecule has 0 aliphatic heterocycles. The third-order valence-corrected chi connectivity index (χ3v) is 1.57. The van der Waals surface area contributed by atoms with Gasteiger partial charge in [-0.15, -0.1) is 0 Å². The van der Waals surface area contributed by atoms with Gasteiger partial charge in [0.1, 0.15) is 5.78 Å². The van der Waals surface area contributed by atoms with E-state index in [1.54, 1.807) is 14.1 Å². The molecule has 0 saturated carbocycles. The maximum atomic E-state index is 11.1. The number of carbonyl (C=O) groups excluding carboxylic acids is 3. The quantitative estimate of drug-likeness (QED) is 0.612. The Labute approximate surface area is 83.5 Å². The maximum Gasteiger partial charge on any atom is 0.227 e. The monoisotopic (exact) mass is 200 g/mol. The van der Waals surface area contributed by atoms with Crippen molar-refractivity contribution in [1.29, 1.82) is 0 Å². The SMILES string of the molecule is CC(=O)CC(=O)NCCC(=O)N(C)C. The first-order valence-corrected chi connectivity index (χ1v) is 4.39. The molecule has 0 atom stereocenters. The van der Waals surface area contributed by atoms with E-state index in [-0.39, 0.29) is 37.0 Å². The van der Waals surface area contributed by atoms with Crippen LogP contribution in [0.5, 0.6) is 0 Å². The summed E-state index contributed by atoms with van der Waals surface area (Å²) in [6.07, 6.45) is 0.146. The number of Topliss-reactive ketones (excluding diaryl/α,β-unsaturated/α-hetero) is 1. The molecule has 0 aromatic rings. The number of hydrogen-bond acceptors (Lipinski definition) is 3. The van der Waals surface area contributed by atoms with Gasteiger partial charge in [0.2, 0.25) is 11.8 Å². The van der Waals surface area contributed by atoms with Gasteiger partial charge in [-0.1, -0.05) is 0 Å². The third-order valence-electron chi connectivity index (χ3n) is 1.57. The van der Waals surface area contributed by atoms with Crippen LogP contribution in [0.4, 0.5) is 0 Å². The van der Waals surface area contributed by atoms with Crippen LogP contribution in [-0.4, -0.2) is 43.1 Å². The van der Waals surface area contributed by atoms with E-state index in [2.05, 4.69) is 5.32 Å². The molecule has 0 saturated heterocycles. The number of hydrogen-bond donors (Lipinski definition) is 1. The van der Waals surface area contributed by atoms with Crippen LogP contribution in [0.1, 0.15) is 19.8 Å².